The standard InChI is InChI=1S/C19H14F3N3O4/c1-10(18(27)24-14-7-6-12(20)16(21)17(14)22)29-15(26)8-25-9-23-13-5-3-2-4-11(13)19(25)28/h2-7,9-10H,8H2,1H3,(H,24,27)/t10-/m1/s1. The van der Waals surface area contributed by atoms with E-state index in [0.29, 0.717) is 17.0 Å². The molecular weight excluding hydrogens is 391 g/mol. The van der Waals surface area contributed by atoms with Gasteiger partial charge in [-0.3, -0.25) is 19.0 Å². The van der Waals surface area contributed by atoms with E-state index in [2.05, 4.69) is 4.98 Å². The number of hydrogen-bond donors (Lipinski definition) is 1. The van der Waals surface area contributed by atoms with Crippen LogP contribution in [0.15, 0.2) is 47.5 Å². The van der Waals surface area contributed by atoms with Crippen LogP contribution in [0.2, 0.25) is 0 Å². The van der Waals surface area contributed by atoms with E-state index in [4.69, 9.17) is 4.74 Å². The number of hydrogen-bond acceptors (Lipinski definition) is 5. The molecule has 3 rings (SSSR count). The Balaban J connectivity index is 1.66. The number of carbonyl (C=O) groups is 2. The van der Waals surface area contributed by atoms with Gasteiger partial charge >= 0.3 is 5.97 Å². The van der Waals surface area contributed by atoms with E-state index in [-0.39, 0.29) is 0 Å². The molecule has 29 heavy (non-hydrogen) atoms. The summed E-state index contributed by atoms with van der Waals surface area (Å²) in [6.07, 6.45) is -0.216. The van der Waals surface area contributed by atoms with E-state index in [1.165, 1.54) is 13.3 Å². The quantitative estimate of drug-likeness (QED) is 0.520. The van der Waals surface area contributed by atoms with Gasteiger partial charge in [0, 0.05) is 0 Å². The Kier molecular flexibility index (Phi) is 5.62. The third kappa shape index (κ3) is 4.26. The van der Waals surface area contributed by atoms with E-state index in [1.807, 2.05) is 5.32 Å². The molecule has 1 heterocycles. The molecule has 0 saturated heterocycles. The number of amides is 1. The summed E-state index contributed by atoms with van der Waals surface area (Å²) in [6, 6.07) is 8.04. The van der Waals surface area contributed by atoms with Crippen LogP contribution in [0.25, 0.3) is 10.9 Å². The van der Waals surface area contributed by atoms with Crippen LogP contribution in [0.4, 0.5) is 18.9 Å². The first-order valence-corrected chi connectivity index (χ1v) is 8.36. The summed E-state index contributed by atoms with van der Waals surface area (Å²) in [5, 5.41) is 2.31. The molecule has 0 fully saturated rings. The zero-order valence-corrected chi connectivity index (χ0v) is 15.0. The molecule has 1 aromatic heterocycles. The molecule has 0 aliphatic heterocycles. The van der Waals surface area contributed by atoms with Crippen LogP contribution in [0, 0.1) is 17.5 Å². The highest BCUT2D eigenvalue weighted by Crippen LogP contribution is 2.20. The minimum atomic E-state index is -1.74. The Hall–Kier alpha value is -3.69. The fourth-order valence-electron chi connectivity index (χ4n) is 2.50. The van der Waals surface area contributed by atoms with Crippen LogP contribution in [-0.4, -0.2) is 27.5 Å². The Bertz CT molecular complexity index is 1160. The molecule has 1 amide bonds. The summed E-state index contributed by atoms with van der Waals surface area (Å²) in [5.41, 5.74) is -0.608. The Morgan fingerprint density at radius 1 is 1.14 bits per heavy atom. The van der Waals surface area contributed by atoms with Gasteiger partial charge in [-0.25, -0.2) is 18.2 Å². The molecule has 0 unspecified atom stereocenters. The second-order valence-corrected chi connectivity index (χ2v) is 6.04. The van der Waals surface area contributed by atoms with Crippen molar-refractivity contribution < 1.29 is 27.5 Å². The fraction of sp³-hybridized carbons (Fsp3) is 0.158. The normalized spacial score (nSPS) is 11.9. The lowest BCUT2D eigenvalue weighted by molar-refractivity contribution is -0.153. The third-order valence-electron chi connectivity index (χ3n) is 4.00. The number of ether oxygens (including phenoxy) is 1. The van der Waals surface area contributed by atoms with Gasteiger partial charge in [-0.1, -0.05) is 12.1 Å². The van der Waals surface area contributed by atoms with Crippen molar-refractivity contribution in [1.82, 2.24) is 9.55 Å². The van der Waals surface area contributed by atoms with Crippen molar-refractivity contribution in [2.24, 2.45) is 0 Å². The van der Waals surface area contributed by atoms with Crippen molar-refractivity contribution in [1.29, 1.82) is 0 Å². The summed E-state index contributed by atoms with van der Waals surface area (Å²) >= 11 is 0. The molecule has 0 radical (unpaired) electrons. The number of benzene rings is 2. The topological polar surface area (TPSA) is 90.3 Å². The van der Waals surface area contributed by atoms with E-state index in [1.54, 1.807) is 24.3 Å². The summed E-state index contributed by atoms with van der Waals surface area (Å²) < 4.78 is 45.7. The molecule has 3 aromatic rings. The van der Waals surface area contributed by atoms with Gasteiger partial charge < -0.3 is 10.1 Å². The molecule has 0 spiro atoms. The smallest absolute Gasteiger partial charge is 0.326 e. The van der Waals surface area contributed by atoms with Gasteiger partial charge in [0.25, 0.3) is 11.5 Å². The van der Waals surface area contributed by atoms with Gasteiger partial charge in [0.2, 0.25) is 0 Å². The van der Waals surface area contributed by atoms with Gasteiger partial charge in [-0.05, 0) is 31.2 Å². The van der Waals surface area contributed by atoms with Crippen molar-refractivity contribution in [3.8, 4) is 0 Å². The first kappa shape index (κ1) is 20.1. The molecule has 0 bridgehead atoms. The highest BCUT2D eigenvalue weighted by Gasteiger charge is 2.21. The minimum Gasteiger partial charge on any atom is -0.451 e. The summed E-state index contributed by atoms with van der Waals surface area (Å²) in [7, 11) is 0. The number of halogens is 3. The van der Waals surface area contributed by atoms with Gasteiger partial charge in [0.05, 0.1) is 22.9 Å². The lowest BCUT2D eigenvalue weighted by Crippen LogP contribution is -2.33. The predicted molar refractivity (Wildman–Crippen MR) is 96.5 cm³/mol. The van der Waals surface area contributed by atoms with Crippen molar-refractivity contribution in [2.45, 2.75) is 19.6 Å². The molecular formula is C19H14F3N3O4. The molecule has 150 valence electrons. The third-order valence-corrected chi connectivity index (χ3v) is 4.00. The summed E-state index contributed by atoms with van der Waals surface area (Å²) in [4.78, 5) is 40.5. The van der Waals surface area contributed by atoms with Crippen molar-refractivity contribution in [3.05, 3.63) is 70.5 Å². The van der Waals surface area contributed by atoms with Gasteiger partial charge in [0.15, 0.2) is 23.6 Å². The number of anilines is 1. The molecule has 2 aromatic carbocycles. The number of fused-ring (bicyclic) bond motifs is 1. The van der Waals surface area contributed by atoms with Gasteiger partial charge in [-0.15, -0.1) is 0 Å². The number of para-hydroxylation sites is 1. The van der Waals surface area contributed by atoms with Crippen molar-refractivity contribution >= 4 is 28.5 Å². The molecule has 0 saturated carbocycles. The maximum Gasteiger partial charge on any atom is 0.326 e. The number of nitrogens with zero attached hydrogens (tertiary/aromatic N) is 2. The maximum atomic E-state index is 13.6. The second-order valence-electron chi connectivity index (χ2n) is 6.04. The van der Waals surface area contributed by atoms with Crippen LogP contribution in [0.3, 0.4) is 0 Å². The lowest BCUT2D eigenvalue weighted by atomic mass is 10.2. The van der Waals surface area contributed by atoms with Crippen molar-refractivity contribution in [3.63, 3.8) is 0 Å². The fourth-order valence-corrected chi connectivity index (χ4v) is 2.50. The predicted octanol–water partition coefficient (Wildman–Crippen LogP) is 2.38. The number of nitrogens with one attached hydrogen (secondary N) is 1. The molecule has 10 heteroatoms. The van der Waals surface area contributed by atoms with Gasteiger partial charge in [-0.2, -0.15) is 0 Å². The van der Waals surface area contributed by atoms with Crippen LogP contribution in [-0.2, 0) is 20.9 Å². The monoisotopic (exact) mass is 405 g/mol. The van der Waals surface area contributed by atoms with Crippen LogP contribution in [0.1, 0.15) is 6.92 Å². The first-order valence-electron chi connectivity index (χ1n) is 8.36. The van der Waals surface area contributed by atoms with E-state index in [9.17, 15) is 27.6 Å². The molecule has 1 atom stereocenters. The number of esters is 1. The molecule has 7 nitrogen and oxygen atoms in total. The van der Waals surface area contributed by atoms with E-state index < -0.39 is 53.2 Å². The van der Waals surface area contributed by atoms with Gasteiger partial charge in [0.1, 0.15) is 6.54 Å². The Morgan fingerprint density at radius 2 is 1.86 bits per heavy atom. The zero-order valence-electron chi connectivity index (χ0n) is 15.0. The van der Waals surface area contributed by atoms with Crippen LogP contribution < -0.4 is 10.9 Å². The number of carbonyl (C=O) groups excluding carboxylic acids is 2. The SMILES string of the molecule is C[C@@H](OC(=O)Cn1cnc2ccccc2c1=O)C(=O)Nc1ccc(F)c(F)c1F. The Labute approximate surface area is 161 Å². The number of rotatable bonds is 5. The lowest BCUT2D eigenvalue weighted by Gasteiger charge is -2.14. The number of aromatic nitrogens is 2. The molecule has 0 aliphatic carbocycles. The first-order chi connectivity index (χ1) is 13.8. The average molecular weight is 405 g/mol. The largest absolute Gasteiger partial charge is 0.451 e. The van der Waals surface area contributed by atoms with E-state index in [0.717, 1.165) is 10.6 Å². The highest BCUT2D eigenvalue weighted by molar-refractivity contribution is 5.95. The van der Waals surface area contributed by atoms with E-state index >= 15 is 0 Å². The zero-order chi connectivity index (χ0) is 21.1. The maximum absolute atomic E-state index is 13.6. The second kappa shape index (κ2) is 8.13. The molecule has 0 aliphatic rings. The summed E-state index contributed by atoms with van der Waals surface area (Å²) in [5.74, 6) is -6.61. The summed E-state index contributed by atoms with van der Waals surface area (Å²) in [6.45, 7) is 0.695. The van der Waals surface area contributed by atoms with Crippen LogP contribution in [0.5, 0.6) is 0 Å². The van der Waals surface area contributed by atoms with Crippen molar-refractivity contribution in [2.75, 3.05) is 5.32 Å². The minimum absolute atomic E-state index is 0.308. The van der Waals surface area contributed by atoms with Crippen LogP contribution >= 0.6 is 0 Å². The Morgan fingerprint density at radius 3 is 2.62 bits per heavy atom. The average Bonchev–Trinajstić information content (AvgIpc) is 2.70. The molecule has 1 N–H and O–H groups in total. The highest BCUT2D eigenvalue weighted by atomic mass is 19.2.